The van der Waals surface area contributed by atoms with Gasteiger partial charge in [-0.1, -0.05) is 29.8 Å². The van der Waals surface area contributed by atoms with E-state index in [1.54, 1.807) is 24.3 Å². The largest absolute Gasteiger partial charge is 0.294 e. The average Bonchev–Trinajstić information content (AvgIpc) is 2.42. The number of ketones is 1. The third kappa shape index (κ3) is 2.95. The van der Waals surface area contributed by atoms with Crippen LogP contribution in [0, 0.1) is 32.1 Å². The molecule has 20 heavy (non-hydrogen) atoms. The smallest absolute Gasteiger partial charge is 0.167 e. The van der Waals surface area contributed by atoms with E-state index in [0.29, 0.717) is 17.5 Å². The monoisotopic (exact) mass is 263 g/mol. The fraction of sp³-hybridized carbons (Fsp3) is 0.222. The molecule has 0 aliphatic carbocycles. The van der Waals surface area contributed by atoms with Gasteiger partial charge in [0.15, 0.2) is 5.78 Å². The molecule has 0 radical (unpaired) electrons. The van der Waals surface area contributed by atoms with Gasteiger partial charge in [0.1, 0.15) is 0 Å². The van der Waals surface area contributed by atoms with Crippen LogP contribution in [0.5, 0.6) is 0 Å². The van der Waals surface area contributed by atoms with E-state index in [1.807, 2.05) is 13.8 Å². The minimum atomic E-state index is 0.0875. The highest BCUT2D eigenvalue weighted by atomic mass is 16.1. The van der Waals surface area contributed by atoms with Crippen LogP contribution in [0.25, 0.3) is 0 Å². The van der Waals surface area contributed by atoms with Gasteiger partial charge in [0.05, 0.1) is 11.6 Å². The van der Waals surface area contributed by atoms with Crippen LogP contribution in [0.1, 0.15) is 38.2 Å². The zero-order chi connectivity index (χ0) is 14.7. The van der Waals surface area contributed by atoms with Crippen LogP contribution in [0.4, 0.5) is 0 Å². The number of hydrogen-bond donors (Lipinski definition) is 0. The molecule has 0 aromatic heterocycles. The summed E-state index contributed by atoms with van der Waals surface area (Å²) in [4.78, 5) is 12.3. The number of nitriles is 1. The van der Waals surface area contributed by atoms with Gasteiger partial charge in [-0.25, -0.2) is 0 Å². The minimum Gasteiger partial charge on any atom is -0.294 e. The first kappa shape index (κ1) is 14.0. The number of rotatable bonds is 3. The summed E-state index contributed by atoms with van der Waals surface area (Å²) in [5, 5.41) is 8.77. The highest BCUT2D eigenvalue weighted by Crippen LogP contribution is 2.19. The number of aryl methyl sites for hydroxylation is 3. The Bertz CT molecular complexity index is 667. The van der Waals surface area contributed by atoms with Crippen molar-refractivity contribution in [3.8, 4) is 6.07 Å². The van der Waals surface area contributed by atoms with Crippen molar-refractivity contribution < 1.29 is 4.79 Å². The highest BCUT2D eigenvalue weighted by Gasteiger charge is 2.11. The molecule has 0 N–H and O–H groups in total. The third-order valence-electron chi connectivity index (χ3n) is 3.51. The van der Waals surface area contributed by atoms with E-state index >= 15 is 0 Å². The number of benzene rings is 2. The summed E-state index contributed by atoms with van der Waals surface area (Å²) in [5.74, 6) is 0.0875. The molecule has 0 spiro atoms. The average molecular weight is 263 g/mol. The van der Waals surface area contributed by atoms with E-state index in [9.17, 15) is 4.79 Å². The van der Waals surface area contributed by atoms with Gasteiger partial charge in [-0.2, -0.15) is 5.26 Å². The van der Waals surface area contributed by atoms with E-state index in [1.165, 1.54) is 5.56 Å². The van der Waals surface area contributed by atoms with Crippen LogP contribution >= 0.6 is 0 Å². The number of carbonyl (C=O) groups is 1. The standard InChI is InChI=1S/C18H17NO/c1-12-8-13(2)17(14(3)9-12)10-18(20)16-6-4-15(11-19)5-7-16/h4-9H,10H2,1-3H3. The number of nitrogens with zero attached hydrogens (tertiary/aromatic N) is 1. The van der Waals surface area contributed by atoms with Gasteiger partial charge in [0, 0.05) is 12.0 Å². The fourth-order valence-corrected chi connectivity index (χ4v) is 2.48. The van der Waals surface area contributed by atoms with Crippen molar-refractivity contribution in [2.45, 2.75) is 27.2 Å². The molecule has 2 nitrogen and oxygen atoms in total. The molecule has 0 bridgehead atoms. The Kier molecular flexibility index (Phi) is 4.00. The normalized spacial score (nSPS) is 10.1. The van der Waals surface area contributed by atoms with Gasteiger partial charge < -0.3 is 0 Å². The van der Waals surface area contributed by atoms with Crippen LogP contribution in [0.15, 0.2) is 36.4 Å². The van der Waals surface area contributed by atoms with Crippen LogP contribution in [-0.4, -0.2) is 5.78 Å². The van der Waals surface area contributed by atoms with Crippen molar-refractivity contribution >= 4 is 5.78 Å². The lowest BCUT2D eigenvalue weighted by Gasteiger charge is -2.10. The summed E-state index contributed by atoms with van der Waals surface area (Å²) >= 11 is 0. The Hall–Kier alpha value is -2.40. The van der Waals surface area contributed by atoms with Crippen molar-refractivity contribution in [1.82, 2.24) is 0 Å². The third-order valence-corrected chi connectivity index (χ3v) is 3.51. The topological polar surface area (TPSA) is 40.9 Å². The molecule has 0 aliphatic heterocycles. The number of hydrogen-bond acceptors (Lipinski definition) is 2. The first-order valence-corrected chi connectivity index (χ1v) is 6.61. The Labute approximate surface area is 119 Å². The van der Waals surface area contributed by atoms with Crippen molar-refractivity contribution in [3.05, 3.63) is 69.8 Å². The zero-order valence-corrected chi connectivity index (χ0v) is 12.0. The van der Waals surface area contributed by atoms with Crippen molar-refractivity contribution in [2.24, 2.45) is 0 Å². The summed E-state index contributed by atoms with van der Waals surface area (Å²) in [6, 6.07) is 13.1. The van der Waals surface area contributed by atoms with Crippen molar-refractivity contribution in [3.63, 3.8) is 0 Å². The van der Waals surface area contributed by atoms with Gasteiger partial charge >= 0.3 is 0 Å². The van der Waals surface area contributed by atoms with E-state index < -0.39 is 0 Å². The second kappa shape index (κ2) is 5.71. The molecule has 0 amide bonds. The van der Waals surface area contributed by atoms with E-state index in [0.717, 1.165) is 16.7 Å². The van der Waals surface area contributed by atoms with E-state index in [-0.39, 0.29) is 5.78 Å². The summed E-state index contributed by atoms with van der Waals surface area (Å²) in [6.07, 6.45) is 0.407. The SMILES string of the molecule is Cc1cc(C)c(CC(=O)c2ccc(C#N)cc2)c(C)c1. The van der Waals surface area contributed by atoms with Gasteiger partial charge in [0.25, 0.3) is 0 Å². The van der Waals surface area contributed by atoms with Gasteiger partial charge in [0.2, 0.25) is 0 Å². The van der Waals surface area contributed by atoms with Gasteiger partial charge in [-0.05, 0) is 49.6 Å². The van der Waals surface area contributed by atoms with Crippen molar-refractivity contribution in [2.75, 3.05) is 0 Å². The van der Waals surface area contributed by atoms with Gasteiger partial charge in [-0.15, -0.1) is 0 Å². The maximum atomic E-state index is 12.3. The maximum Gasteiger partial charge on any atom is 0.167 e. The molecule has 100 valence electrons. The molecule has 0 saturated carbocycles. The zero-order valence-electron chi connectivity index (χ0n) is 12.0. The molecule has 0 fully saturated rings. The summed E-state index contributed by atoms with van der Waals surface area (Å²) < 4.78 is 0. The Morgan fingerprint density at radius 2 is 1.60 bits per heavy atom. The van der Waals surface area contributed by atoms with E-state index in [2.05, 4.69) is 25.1 Å². The maximum absolute atomic E-state index is 12.3. The molecule has 2 heteroatoms. The molecular formula is C18H17NO. The summed E-state index contributed by atoms with van der Waals surface area (Å²) in [7, 11) is 0. The first-order valence-electron chi connectivity index (χ1n) is 6.61. The molecule has 0 heterocycles. The molecule has 2 aromatic rings. The predicted molar refractivity (Wildman–Crippen MR) is 79.8 cm³/mol. The molecule has 0 saturated heterocycles. The second-order valence-electron chi connectivity index (χ2n) is 5.17. The minimum absolute atomic E-state index is 0.0875. The predicted octanol–water partition coefficient (Wildman–Crippen LogP) is 3.91. The van der Waals surface area contributed by atoms with Crippen LogP contribution in [0.2, 0.25) is 0 Å². The highest BCUT2D eigenvalue weighted by molar-refractivity contribution is 5.97. The molecular weight excluding hydrogens is 246 g/mol. The quantitative estimate of drug-likeness (QED) is 0.788. The molecule has 0 atom stereocenters. The second-order valence-corrected chi connectivity index (χ2v) is 5.17. The summed E-state index contributed by atoms with van der Waals surface area (Å²) in [6.45, 7) is 6.15. The lowest BCUT2D eigenvalue weighted by Crippen LogP contribution is -2.07. The van der Waals surface area contributed by atoms with Crippen LogP contribution in [-0.2, 0) is 6.42 Å². The van der Waals surface area contributed by atoms with E-state index in [4.69, 9.17) is 5.26 Å². The number of carbonyl (C=O) groups excluding carboxylic acids is 1. The number of Topliss-reactive ketones (excluding diaryl/α,β-unsaturated/α-hetero) is 1. The molecule has 2 rings (SSSR count). The lowest BCUT2D eigenvalue weighted by atomic mass is 9.93. The Morgan fingerprint density at radius 1 is 1.05 bits per heavy atom. The lowest BCUT2D eigenvalue weighted by molar-refractivity contribution is 0.0992. The first-order chi connectivity index (χ1) is 9.51. The summed E-state index contributed by atoms with van der Waals surface area (Å²) in [5.41, 5.74) is 5.86. The van der Waals surface area contributed by atoms with Gasteiger partial charge in [-0.3, -0.25) is 4.79 Å². The Balaban J connectivity index is 2.26. The Morgan fingerprint density at radius 3 is 2.10 bits per heavy atom. The van der Waals surface area contributed by atoms with Crippen LogP contribution < -0.4 is 0 Å². The molecule has 0 unspecified atom stereocenters. The van der Waals surface area contributed by atoms with Crippen LogP contribution in [0.3, 0.4) is 0 Å². The molecule has 2 aromatic carbocycles. The van der Waals surface area contributed by atoms with Crippen molar-refractivity contribution in [1.29, 1.82) is 5.26 Å². The fourth-order valence-electron chi connectivity index (χ4n) is 2.48. The molecule has 0 aliphatic rings.